The summed E-state index contributed by atoms with van der Waals surface area (Å²) >= 11 is 2.34. The Labute approximate surface area is 116 Å². The predicted octanol–water partition coefficient (Wildman–Crippen LogP) is 3.40. The summed E-state index contributed by atoms with van der Waals surface area (Å²) in [6.07, 6.45) is 2.23. The van der Waals surface area contributed by atoms with Gasteiger partial charge in [0, 0.05) is 5.92 Å². The molecule has 3 rings (SSSR count). The highest BCUT2D eigenvalue weighted by atomic mass is 32.2. The minimum atomic E-state index is -1.07. The fraction of sp³-hybridized carbons (Fsp3) is 0.250. The minimum absolute atomic E-state index is 0.0656. The van der Waals surface area contributed by atoms with Gasteiger partial charge in [0.15, 0.2) is 4.34 Å². The number of carbonyl (C=O) groups is 1. The monoisotopic (exact) mass is 296 g/mol. The zero-order valence-corrected chi connectivity index (χ0v) is 11.3. The molecular formula is C12H9FN2O2S2. The number of hydrogen-bond donors (Lipinski definition) is 1. The Hall–Kier alpha value is -1.47. The third-order valence-corrected chi connectivity index (χ3v) is 4.54. The van der Waals surface area contributed by atoms with Crippen LogP contribution in [0.5, 0.6) is 0 Å². The van der Waals surface area contributed by atoms with Crippen molar-refractivity contribution < 1.29 is 14.3 Å². The van der Waals surface area contributed by atoms with Gasteiger partial charge in [0.25, 0.3) is 0 Å². The van der Waals surface area contributed by atoms with Gasteiger partial charge in [-0.2, -0.15) is 4.37 Å². The largest absolute Gasteiger partial charge is 0.478 e. The number of nitrogens with zero attached hydrogens (tertiary/aromatic N) is 2. The second-order valence-corrected chi connectivity index (χ2v) is 6.29. The topological polar surface area (TPSA) is 63.1 Å². The van der Waals surface area contributed by atoms with Gasteiger partial charge in [0.1, 0.15) is 11.6 Å². The van der Waals surface area contributed by atoms with Gasteiger partial charge in [0.05, 0.1) is 10.5 Å². The minimum Gasteiger partial charge on any atom is -0.478 e. The zero-order chi connectivity index (χ0) is 13.4. The first-order valence-corrected chi connectivity index (χ1v) is 7.27. The lowest BCUT2D eigenvalue weighted by Crippen LogP contribution is -1.97. The van der Waals surface area contributed by atoms with Crippen LogP contribution < -0.4 is 0 Å². The van der Waals surface area contributed by atoms with E-state index in [1.807, 2.05) is 0 Å². The van der Waals surface area contributed by atoms with Crippen molar-refractivity contribution in [3.05, 3.63) is 35.4 Å². The molecule has 0 amide bonds. The molecule has 1 aliphatic rings. The quantitative estimate of drug-likeness (QED) is 0.936. The fourth-order valence-corrected chi connectivity index (χ4v) is 3.28. The van der Waals surface area contributed by atoms with Crippen LogP contribution in [0.1, 0.15) is 34.9 Å². The van der Waals surface area contributed by atoms with Crippen molar-refractivity contribution in [2.45, 2.75) is 28.0 Å². The maximum atomic E-state index is 13.6. The molecule has 7 heteroatoms. The SMILES string of the molecule is O=C(O)c1ccc(F)c(Sc2nc(C3CC3)ns2)c1. The molecule has 0 unspecified atom stereocenters. The van der Waals surface area contributed by atoms with E-state index in [1.165, 1.54) is 23.7 Å². The Morgan fingerprint density at radius 1 is 1.47 bits per heavy atom. The third kappa shape index (κ3) is 2.76. The molecular weight excluding hydrogens is 287 g/mol. The molecule has 1 heterocycles. The Morgan fingerprint density at radius 2 is 2.26 bits per heavy atom. The number of carboxylic acid groups (broad SMARTS) is 1. The van der Waals surface area contributed by atoms with E-state index in [0.29, 0.717) is 10.3 Å². The average Bonchev–Trinajstić information content (AvgIpc) is 3.13. The number of aromatic nitrogens is 2. The van der Waals surface area contributed by atoms with Crippen LogP contribution in [-0.2, 0) is 0 Å². The number of aromatic carboxylic acids is 1. The van der Waals surface area contributed by atoms with Crippen LogP contribution >= 0.6 is 23.3 Å². The molecule has 1 N–H and O–H groups in total. The van der Waals surface area contributed by atoms with Crippen LogP contribution in [0.4, 0.5) is 4.39 Å². The van der Waals surface area contributed by atoms with E-state index < -0.39 is 11.8 Å². The van der Waals surface area contributed by atoms with E-state index in [4.69, 9.17) is 5.11 Å². The van der Waals surface area contributed by atoms with Crippen molar-refractivity contribution >= 4 is 29.3 Å². The van der Waals surface area contributed by atoms with Crippen molar-refractivity contribution in [2.24, 2.45) is 0 Å². The normalized spacial score (nSPS) is 14.6. The highest BCUT2D eigenvalue weighted by molar-refractivity contribution is 8.01. The van der Waals surface area contributed by atoms with Crippen molar-refractivity contribution in [1.29, 1.82) is 0 Å². The van der Waals surface area contributed by atoms with Crippen molar-refractivity contribution in [1.82, 2.24) is 9.36 Å². The molecule has 4 nitrogen and oxygen atoms in total. The Bertz CT molecular complexity index is 640. The Kier molecular flexibility index (Phi) is 3.24. The molecule has 1 aromatic heterocycles. The third-order valence-electron chi connectivity index (χ3n) is 2.74. The van der Waals surface area contributed by atoms with Crippen LogP contribution in [0.3, 0.4) is 0 Å². The number of hydrogen-bond acceptors (Lipinski definition) is 5. The van der Waals surface area contributed by atoms with Gasteiger partial charge in [0.2, 0.25) is 0 Å². The summed E-state index contributed by atoms with van der Waals surface area (Å²) in [5, 5.41) is 8.89. The molecule has 0 spiro atoms. The molecule has 0 saturated heterocycles. The zero-order valence-electron chi connectivity index (χ0n) is 9.67. The lowest BCUT2D eigenvalue weighted by Gasteiger charge is -2.01. The summed E-state index contributed by atoms with van der Waals surface area (Å²) in [5.41, 5.74) is 0.0656. The molecule has 0 bridgehead atoms. The van der Waals surface area contributed by atoms with E-state index in [-0.39, 0.29) is 10.5 Å². The number of carboxylic acids is 1. The number of benzene rings is 1. The first kappa shape index (κ1) is 12.6. The number of rotatable bonds is 4. The molecule has 0 aliphatic heterocycles. The van der Waals surface area contributed by atoms with Crippen molar-refractivity contribution in [3.63, 3.8) is 0 Å². The van der Waals surface area contributed by atoms with Crippen LogP contribution in [0.25, 0.3) is 0 Å². The summed E-state index contributed by atoms with van der Waals surface area (Å²) in [4.78, 5) is 15.5. The van der Waals surface area contributed by atoms with Gasteiger partial charge in [-0.05, 0) is 42.6 Å². The predicted molar refractivity (Wildman–Crippen MR) is 69.4 cm³/mol. The highest BCUT2D eigenvalue weighted by Gasteiger charge is 2.28. The van der Waals surface area contributed by atoms with Gasteiger partial charge in [-0.15, -0.1) is 0 Å². The summed E-state index contributed by atoms with van der Waals surface area (Å²) in [7, 11) is 0. The average molecular weight is 296 g/mol. The molecule has 1 aliphatic carbocycles. The molecule has 98 valence electrons. The number of halogens is 1. The maximum Gasteiger partial charge on any atom is 0.335 e. The van der Waals surface area contributed by atoms with Gasteiger partial charge in [-0.1, -0.05) is 11.8 Å². The Balaban J connectivity index is 1.84. The lowest BCUT2D eigenvalue weighted by molar-refractivity contribution is 0.0696. The van der Waals surface area contributed by atoms with Crippen LogP contribution in [0.15, 0.2) is 27.4 Å². The lowest BCUT2D eigenvalue weighted by atomic mass is 10.2. The van der Waals surface area contributed by atoms with Gasteiger partial charge < -0.3 is 5.11 Å². The van der Waals surface area contributed by atoms with Gasteiger partial charge in [-0.25, -0.2) is 14.2 Å². The molecule has 0 radical (unpaired) electrons. The van der Waals surface area contributed by atoms with E-state index in [9.17, 15) is 9.18 Å². The van der Waals surface area contributed by atoms with E-state index >= 15 is 0 Å². The summed E-state index contributed by atoms with van der Waals surface area (Å²) < 4.78 is 18.5. The van der Waals surface area contributed by atoms with Crippen LogP contribution in [0.2, 0.25) is 0 Å². The molecule has 1 aromatic carbocycles. The smallest absolute Gasteiger partial charge is 0.335 e. The second-order valence-electron chi connectivity index (χ2n) is 4.25. The first-order valence-electron chi connectivity index (χ1n) is 5.68. The van der Waals surface area contributed by atoms with E-state index in [1.54, 1.807) is 0 Å². The Morgan fingerprint density at radius 3 is 2.95 bits per heavy atom. The van der Waals surface area contributed by atoms with Crippen molar-refractivity contribution in [3.8, 4) is 0 Å². The standard InChI is InChI=1S/C12H9FN2O2S2/c13-8-4-3-7(11(16)17)5-9(8)18-12-14-10(15-19-12)6-1-2-6/h3-6H,1-2H2,(H,16,17). The first-order chi connectivity index (χ1) is 9.13. The van der Waals surface area contributed by atoms with E-state index in [0.717, 1.165) is 36.5 Å². The summed E-state index contributed by atoms with van der Waals surface area (Å²) in [6, 6.07) is 3.73. The molecule has 2 aromatic rings. The summed E-state index contributed by atoms with van der Waals surface area (Å²) in [6.45, 7) is 0. The van der Waals surface area contributed by atoms with Gasteiger partial charge >= 0.3 is 5.97 Å². The van der Waals surface area contributed by atoms with Gasteiger partial charge in [-0.3, -0.25) is 0 Å². The maximum absolute atomic E-state index is 13.6. The molecule has 1 saturated carbocycles. The van der Waals surface area contributed by atoms with Crippen LogP contribution in [0, 0.1) is 5.82 Å². The molecule has 19 heavy (non-hydrogen) atoms. The molecule has 0 atom stereocenters. The molecule has 1 fully saturated rings. The summed E-state index contributed by atoms with van der Waals surface area (Å²) in [5.74, 6) is -0.237. The fourth-order valence-electron chi connectivity index (χ4n) is 1.58. The van der Waals surface area contributed by atoms with Crippen molar-refractivity contribution in [2.75, 3.05) is 0 Å². The van der Waals surface area contributed by atoms with Crippen LogP contribution in [-0.4, -0.2) is 20.4 Å². The van der Waals surface area contributed by atoms with E-state index in [2.05, 4.69) is 9.36 Å². The second kappa shape index (κ2) is 4.90. The highest BCUT2D eigenvalue weighted by Crippen LogP contribution is 2.40.